The molecule has 96 valence electrons. The standard InChI is InChI=1S/C14H18BrN3/c1-10(2)18-8-7-16-14(18)17-11(3)12-5-4-6-13(15)9-12/h4-11H,1-3H3,(H,16,17). The van der Waals surface area contributed by atoms with E-state index in [2.05, 4.69) is 63.7 Å². The summed E-state index contributed by atoms with van der Waals surface area (Å²) in [7, 11) is 0. The minimum atomic E-state index is 0.224. The normalized spacial score (nSPS) is 12.7. The number of nitrogens with one attached hydrogen (secondary N) is 1. The van der Waals surface area contributed by atoms with Crippen molar-refractivity contribution in [2.45, 2.75) is 32.9 Å². The maximum atomic E-state index is 4.37. The Morgan fingerprint density at radius 3 is 2.72 bits per heavy atom. The van der Waals surface area contributed by atoms with Crippen LogP contribution in [-0.4, -0.2) is 9.55 Å². The summed E-state index contributed by atoms with van der Waals surface area (Å²) in [5.74, 6) is 0.914. The molecule has 0 spiro atoms. The zero-order chi connectivity index (χ0) is 13.1. The zero-order valence-corrected chi connectivity index (χ0v) is 12.5. The summed E-state index contributed by atoms with van der Waals surface area (Å²) in [6.07, 6.45) is 3.83. The van der Waals surface area contributed by atoms with Gasteiger partial charge in [0, 0.05) is 22.9 Å². The average molecular weight is 308 g/mol. The van der Waals surface area contributed by atoms with Crippen molar-refractivity contribution in [2.24, 2.45) is 0 Å². The highest BCUT2D eigenvalue weighted by Crippen LogP contribution is 2.22. The Kier molecular flexibility index (Phi) is 4.07. The van der Waals surface area contributed by atoms with Gasteiger partial charge in [-0.2, -0.15) is 0 Å². The molecule has 0 amide bonds. The van der Waals surface area contributed by atoms with Crippen molar-refractivity contribution in [3.63, 3.8) is 0 Å². The molecule has 1 atom stereocenters. The number of rotatable bonds is 4. The van der Waals surface area contributed by atoms with Crippen LogP contribution >= 0.6 is 15.9 Å². The molecule has 1 unspecified atom stereocenters. The maximum absolute atomic E-state index is 4.37. The van der Waals surface area contributed by atoms with Crippen molar-refractivity contribution in [3.8, 4) is 0 Å². The molecule has 4 heteroatoms. The van der Waals surface area contributed by atoms with Crippen LogP contribution in [0.2, 0.25) is 0 Å². The third-order valence-corrected chi connectivity index (χ3v) is 3.41. The fourth-order valence-electron chi connectivity index (χ4n) is 1.89. The summed E-state index contributed by atoms with van der Waals surface area (Å²) in [5.41, 5.74) is 1.24. The molecule has 0 fully saturated rings. The van der Waals surface area contributed by atoms with Crippen molar-refractivity contribution < 1.29 is 0 Å². The second kappa shape index (κ2) is 5.57. The van der Waals surface area contributed by atoms with Gasteiger partial charge in [0.25, 0.3) is 0 Å². The molecular formula is C14H18BrN3. The molecule has 1 heterocycles. The topological polar surface area (TPSA) is 29.9 Å². The molecule has 0 aliphatic carbocycles. The molecule has 0 aliphatic heterocycles. The lowest BCUT2D eigenvalue weighted by Crippen LogP contribution is -2.12. The van der Waals surface area contributed by atoms with Gasteiger partial charge in [0.05, 0.1) is 6.04 Å². The monoisotopic (exact) mass is 307 g/mol. The van der Waals surface area contributed by atoms with Crippen LogP contribution in [0.4, 0.5) is 5.95 Å². The lowest BCUT2D eigenvalue weighted by Gasteiger charge is -2.18. The molecule has 18 heavy (non-hydrogen) atoms. The summed E-state index contributed by atoms with van der Waals surface area (Å²) < 4.78 is 3.23. The van der Waals surface area contributed by atoms with Crippen LogP contribution in [0.25, 0.3) is 0 Å². The van der Waals surface area contributed by atoms with Crippen molar-refractivity contribution in [2.75, 3.05) is 5.32 Å². The second-order valence-electron chi connectivity index (χ2n) is 4.67. The summed E-state index contributed by atoms with van der Waals surface area (Å²) in [6, 6.07) is 8.95. The van der Waals surface area contributed by atoms with Crippen LogP contribution in [0.5, 0.6) is 0 Å². The summed E-state index contributed by atoms with van der Waals surface area (Å²) >= 11 is 3.50. The van der Waals surface area contributed by atoms with Crippen LogP contribution in [0.1, 0.15) is 38.4 Å². The van der Waals surface area contributed by atoms with E-state index in [0.717, 1.165) is 10.4 Å². The predicted octanol–water partition coefficient (Wildman–Crippen LogP) is 4.40. The summed E-state index contributed by atoms with van der Waals surface area (Å²) in [4.78, 5) is 4.37. The Hall–Kier alpha value is -1.29. The Morgan fingerprint density at radius 1 is 1.28 bits per heavy atom. The molecule has 0 saturated heterocycles. The number of benzene rings is 1. The first-order valence-corrected chi connectivity index (χ1v) is 6.92. The molecule has 1 N–H and O–H groups in total. The molecule has 0 radical (unpaired) electrons. The van der Waals surface area contributed by atoms with E-state index in [0.29, 0.717) is 6.04 Å². The first-order valence-electron chi connectivity index (χ1n) is 6.12. The first kappa shape index (κ1) is 13.1. The number of nitrogens with zero attached hydrogens (tertiary/aromatic N) is 2. The Bertz CT molecular complexity index is 519. The highest BCUT2D eigenvalue weighted by molar-refractivity contribution is 9.10. The molecular weight excluding hydrogens is 290 g/mol. The smallest absolute Gasteiger partial charge is 0.203 e. The largest absolute Gasteiger partial charge is 0.349 e. The van der Waals surface area contributed by atoms with Crippen molar-refractivity contribution in [3.05, 3.63) is 46.7 Å². The van der Waals surface area contributed by atoms with E-state index in [1.54, 1.807) is 0 Å². The average Bonchev–Trinajstić information content (AvgIpc) is 2.77. The molecule has 1 aromatic heterocycles. The number of anilines is 1. The van der Waals surface area contributed by atoms with Gasteiger partial charge in [-0.05, 0) is 38.5 Å². The van der Waals surface area contributed by atoms with Crippen molar-refractivity contribution in [1.29, 1.82) is 0 Å². The number of halogens is 1. The minimum absolute atomic E-state index is 0.224. The number of imidazole rings is 1. The predicted molar refractivity (Wildman–Crippen MR) is 78.8 cm³/mol. The van der Waals surface area contributed by atoms with E-state index in [-0.39, 0.29) is 6.04 Å². The quantitative estimate of drug-likeness (QED) is 0.907. The lowest BCUT2D eigenvalue weighted by molar-refractivity contribution is 0.600. The van der Waals surface area contributed by atoms with E-state index in [1.807, 2.05) is 24.5 Å². The highest BCUT2D eigenvalue weighted by Gasteiger charge is 2.10. The fraction of sp³-hybridized carbons (Fsp3) is 0.357. The van der Waals surface area contributed by atoms with Gasteiger partial charge in [0.1, 0.15) is 0 Å². The van der Waals surface area contributed by atoms with E-state index in [9.17, 15) is 0 Å². The van der Waals surface area contributed by atoms with Gasteiger partial charge in [0.2, 0.25) is 5.95 Å². The van der Waals surface area contributed by atoms with Gasteiger partial charge in [-0.3, -0.25) is 0 Å². The number of hydrogen-bond donors (Lipinski definition) is 1. The Balaban J connectivity index is 2.16. The third kappa shape index (κ3) is 2.93. The molecule has 1 aromatic carbocycles. The second-order valence-corrected chi connectivity index (χ2v) is 5.59. The van der Waals surface area contributed by atoms with E-state index in [1.165, 1.54) is 5.56 Å². The van der Waals surface area contributed by atoms with Gasteiger partial charge in [-0.25, -0.2) is 4.98 Å². The van der Waals surface area contributed by atoms with E-state index in [4.69, 9.17) is 0 Å². The number of aromatic nitrogens is 2. The molecule has 2 rings (SSSR count). The summed E-state index contributed by atoms with van der Waals surface area (Å²) in [5, 5.41) is 3.45. The molecule has 0 aliphatic rings. The van der Waals surface area contributed by atoms with E-state index < -0.39 is 0 Å². The van der Waals surface area contributed by atoms with Crippen LogP contribution in [0.3, 0.4) is 0 Å². The van der Waals surface area contributed by atoms with Gasteiger partial charge >= 0.3 is 0 Å². The van der Waals surface area contributed by atoms with Crippen LogP contribution in [0, 0.1) is 0 Å². The minimum Gasteiger partial charge on any atom is -0.349 e. The highest BCUT2D eigenvalue weighted by atomic mass is 79.9. The number of hydrogen-bond acceptors (Lipinski definition) is 2. The first-order chi connectivity index (χ1) is 8.58. The van der Waals surface area contributed by atoms with Crippen LogP contribution in [-0.2, 0) is 0 Å². The summed E-state index contributed by atoms with van der Waals surface area (Å²) in [6.45, 7) is 6.44. The van der Waals surface area contributed by atoms with Gasteiger partial charge in [-0.1, -0.05) is 28.1 Å². The Labute approximate surface area is 116 Å². The Morgan fingerprint density at radius 2 is 2.06 bits per heavy atom. The van der Waals surface area contributed by atoms with Crippen LogP contribution < -0.4 is 5.32 Å². The maximum Gasteiger partial charge on any atom is 0.203 e. The van der Waals surface area contributed by atoms with Gasteiger partial charge in [0.15, 0.2) is 0 Å². The SMILES string of the molecule is CC(Nc1nccn1C(C)C)c1cccc(Br)c1. The van der Waals surface area contributed by atoms with E-state index >= 15 is 0 Å². The fourth-order valence-corrected chi connectivity index (χ4v) is 2.31. The molecule has 0 saturated carbocycles. The molecule has 2 aromatic rings. The lowest BCUT2D eigenvalue weighted by atomic mass is 10.1. The van der Waals surface area contributed by atoms with Crippen molar-refractivity contribution >= 4 is 21.9 Å². The molecule has 0 bridgehead atoms. The van der Waals surface area contributed by atoms with Crippen LogP contribution in [0.15, 0.2) is 41.1 Å². The zero-order valence-electron chi connectivity index (χ0n) is 10.9. The van der Waals surface area contributed by atoms with Crippen molar-refractivity contribution in [1.82, 2.24) is 9.55 Å². The van der Waals surface area contributed by atoms with Gasteiger partial charge in [-0.15, -0.1) is 0 Å². The third-order valence-electron chi connectivity index (χ3n) is 2.92. The molecule has 3 nitrogen and oxygen atoms in total. The van der Waals surface area contributed by atoms with Gasteiger partial charge < -0.3 is 9.88 Å².